The first-order valence-electron chi connectivity index (χ1n) is 5.24. The minimum atomic E-state index is 0.181. The van der Waals surface area contributed by atoms with Crippen LogP contribution < -0.4 is 11.1 Å². The first-order valence-corrected chi connectivity index (χ1v) is 5.24. The zero-order chi connectivity index (χ0) is 9.80. The van der Waals surface area contributed by atoms with Crippen molar-refractivity contribution in [1.82, 2.24) is 10.3 Å². The van der Waals surface area contributed by atoms with E-state index in [1.807, 2.05) is 24.5 Å². The normalized spacial score (nSPS) is 20.6. The van der Waals surface area contributed by atoms with Gasteiger partial charge in [-0.3, -0.25) is 4.98 Å². The molecular weight excluding hydrogens is 174 g/mol. The Morgan fingerprint density at radius 2 is 1.93 bits per heavy atom. The van der Waals surface area contributed by atoms with Crippen LogP contribution in [-0.4, -0.2) is 18.1 Å². The second-order valence-electron chi connectivity index (χ2n) is 3.89. The number of pyridine rings is 1. The molecule has 1 aromatic rings. The van der Waals surface area contributed by atoms with E-state index in [0.717, 1.165) is 13.1 Å². The molecule has 0 aliphatic carbocycles. The van der Waals surface area contributed by atoms with Crippen LogP contribution in [0.5, 0.6) is 0 Å². The summed E-state index contributed by atoms with van der Waals surface area (Å²) < 4.78 is 0. The number of nitrogens with one attached hydrogen (secondary N) is 1. The average molecular weight is 191 g/mol. The summed E-state index contributed by atoms with van der Waals surface area (Å²) in [5.74, 6) is 0.624. The van der Waals surface area contributed by atoms with Crippen LogP contribution in [0.2, 0.25) is 0 Å². The number of nitrogens with zero attached hydrogens (tertiary/aromatic N) is 1. The Kier molecular flexibility index (Phi) is 3.11. The van der Waals surface area contributed by atoms with E-state index in [9.17, 15) is 0 Å². The lowest BCUT2D eigenvalue weighted by atomic mass is 9.87. The van der Waals surface area contributed by atoms with Gasteiger partial charge in [0.2, 0.25) is 0 Å². The lowest BCUT2D eigenvalue weighted by Gasteiger charge is -2.28. The number of rotatable bonds is 2. The molecule has 0 aromatic carbocycles. The fourth-order valence-corrected chi connectivity index (χ4v) is 2.06. The third-order valence-corrected chi connectivity index (χ3v) is 2.98. The molecule has 1 aliphatic heterocycles. The lowest BCUT2D eigenvalue weighted by Crippen LogP contribution is -2.33. The maximum Gasteiger partial charge on any atom is 0.0325 e. The fraction of sp³-hybridized carbons (Fsp3) is 0.545. The second-order valence-corrected chi connectivity index (χ2v) is 3.89. The first kappa shape index (κ1) is 9.62. The highest BCUT2D eigenvalue weighted by molar-refractivity contribution is 5.15. The molecule has 1 atom stereocenters. The molecule has 1 aliphatic rings. The molecule has 1 aromatic heterocycles. The molecule has 0 spiro atoms. The van der Waals surface area contributed by atoms with E-state index in [1.165, 1.54) is 18.4 Å². The van der Waals surface area contributed by atoms with Crippen LogP contribution in [0.25, 0.3) is 0 Å². The van der Waals surface area contributed by atoms with E-state index in [1.54, 1.807) is 0 Å². The van der Waals surface area contributed by atoms with Gasteiger partial charge >= 0.3 is 0 Å². The van der Waals surface area contributed by atoms with Gasteiger partial charge < -0.3 is 11.1 Å². The molecule has 2 rings (SSSR count). The van der Waals surface area contributed by atoms with Crippen LogP contribution in [0.4, 0.5) is 0 Å². The molecule has 1 saturated heterocycles. The molecular formula is C11H17N3. The van der Waals surface area contributed by atoms with Crippen molar-refractivity contribution in [1.29, 1.82) is 0 Å². The molecule has 0 unspecified atom stereocenters. The molecule has 3 nitrogen and oxygen atoms in total. The second kappa shape index (κ2) is 4.53. The van der Waals surface area contributed by atoms with Crippen molar-refractivity contribution in [3.05, 3.63) is 30.1 Å². The van der Waals surface area contributed by atoms with Crippen LogP contribution in [0.3, 0.4) is 0 Å². The molecule has 3 heteroatoms. The standard InChI is InChI=1S/C11H17N3/c12-11(9-1-5-13-6-2-9)10-3-7-14-8-4-10/h1-2,5-6,10-11,14H,3-4,7-8,12H2/t11-/m0/s1. The quantitative estimate of drug-likeness (QED) is 0.735. The highest BCUT2D eigenvalue weighted by atomic mass is 14.9. The van der Waals surface area contributed by atoms with Crippen molar-refractivity contribution in [3.63, 3.8) is 0 Å². The zero-order valence-corrected chi connectivity index (χ0v) is 8.32. The van der Waals surface area contributed by atoms with Crippen LogP contribution in [0, 0.1) is 5.92 Å². The zero-order valence-electron chi connectivity index (χ0n) is 8.32. The third kappa shape index (κ3) is 2.11. The summed E-state index contributed by atoms with van der Waals surface area (Å²) in [6.45, 7) is 2.20. The predicted octanol–water partition coefficient (Wildman–Crippen LogP) is 1.08. The van der Waals surface area contributed by atoms with E-state index < -0.39 is 0 Å². The number of hydrogen-bond donors (Lipinski definition) is 2. The van der Waals surface area contributed by atoms with Gasteiger partial charge in [-0.25, -0.2) is 0 Å². The van der Waals surface area contributed by atoms with E-state index in [-0.39, 0.29) is 6.04 Å². The van der Waals surface area contributed by atoms with Gasteiger partial charge in [0.25, 0.3) is 0 Å². The predicted molar refractivity (Wildman–Crippen MR) is 56.8 cm³/mol. The molecule has 0 bridgehead atoms. The molecule has 0 amide bonds. The Labute approximate surface area is 84.7 Å². The van der Waals surface area contributed by atoms with Crippen molar-refractivity contribution < 1.29 is 0 Å². The number of hydrogen-bond acceptors (Lipinski definition) is 3. The Morgan fingerprint density at radius 1 is 1.29 bits per heavy atom. The summed E-state index contributed by atoms with van der Waals surface area (Å²) in [4.78, 5) is 4.01. The van der Waals surface area contributed by atoms with E-state index >= 15 is 0 Å². The van der Waals surface area contributed by atoms with Gasteiger partial charge in [0.15, 0.2) is 0 Å². The van der Waals surface area contributed by atoms with Crippen molar-refractivity contribution in [3.8, 4) is 0 Å². The minimum Gasteiger partial charge on any atom is -0.324 e. The maximum atomic E-state index is 6.21. The van der Waals surface area contributed by atoms with Crippen molar-refractivity contribution in [2.24, 2.45) is 11.7 Å². The van der Waals surface area contributed by atoms with E-state index in [2.05, 4.69) is 10.3 Å². The summed E-state index contributed by atoms with van der Waals surface area (Å²) in [6, 6.07) is 4.22. The fourth-order valence-electron chi connectivity index (χ4n) is 2.06. The Morgan fingerprint density at radius 3 is 2.57 bits per heavy atom. The summed E-state index contributed by atoms with van der Waals surface area (Å²) in [7, 11) is 0. The largest absolute Gasteiger partial charge is 0.324 e. The van der Waals surface area contributed by atoms with Gasteiger partial charge in [-0.05, 0) is 49.5 Å². The van der Waals surface area contributed by atoms with Crippen LogP contribution >= 0.6 is 0 Å². The van der Waals surface area contributed by atoms with Gasteiger partial charge in [0.1, 0.15) is 0 Å². The Hall–Kier alpha value is -0.930. The molecule has 0 saturated carbocycles. The number of aromatic nitrogens is 1. The lowest BCUT2D eigenvalue weighted by molar-refractivity contribution is 0.322. The van der Waals surface area contributed by atoms with Crippen LogP contribution in [0.15, 0.2) is 24.5 Å². The third-order valence-electron chi connectivity index (χ3n) is 2.98. The summed E-state index contributed by atoms with van der Waals surface area (Å²) in [5.41, 5.74) is 7.43. The monoisotopic (exact) mass is 191 g/mol. The first-order chi connectivity index (χ1) is 6.88. The highest BCUT2D eigenvalue weighted by Crippen LogP contribution is 2.25. The number of piperidine rings is 1. The maximum absolute atomic E-state index is 6.21. The highest BCUT2D eigenvalue weighted by Gasteiger charge is 2.21. The molecule has 76 valence electrons. The van der Waals surface area contributed by atoms with E-state index in [0.29, 0.717) is 5.92 Å². The van der Waals surface area contributed by atoms with Gasteiger partial charge in [-0.2, -0.15) is 0 Å². The average Bonchev–Trinajstić information content (AvgIpc) is 2.30. The molecule has 1 fully saturated rings. The Balaban J connectivity index is 2.03. The van der Waals surface area contributed by atoms with Gasteiger partial charge in [0, 0.05) is 18.4 Å². The smallest absolute Gasteiger partial charge is 0.0325 e. The van der Waals surface area contributed by atoms with Gasteiger partial charge in [-0.1, -0.05) is 0 Å². The number of nitrogens with two attached hydrogens (primary N) is 1. The summed E-state index contributed by atoms with van der Waals surface area (Å²) >= 11 is 0. The Bertz CT molecular complexity index is 267. The minimum absolute atomic E-state index is 0.181. The van der Waals surface area contributed by atoms with Crippen molar-refractivity contribution >= 4 is 0 Å². The van der Waals surface area contributed by atoms with Crippen LogP contribution in [0.1, 0.15) is 24.4 Å². The molecule has 2 heterocycles. The van der Waals surface area contributed by atoms with Crippen LogP contribution in [-0.2, 0) is 0 Å². The van der Waals surface area contributed by atoms with E-state index in [4.69, 9.17) is 5.73 Å². The topological polar surface area (TPSA) is 50.9 Å². The summed E-state index contributed by atoms with van der Waals surface area (Å²) in [5, 5.41) is 3.35. The molecule has 0 radical (unpaired) electrons. The summed E-state index contributed by atoms with van der Waals surface area (Å²) in [6.07, 6.45) is 6.00. The molecule has 3 N–H and O–H groups in total. The molecule has 14 heavy (non-hydrogen) atoms. The van der Waals surface area contributed by atoms with Crippen molar-refractivity contribution in [2.45, 2.75) is 18.9 Å². The van der Waals surface area contributed by atoms with Gasteiger partial charge in [-0.15, -0.1) is 0 Å². The SMILES string of the molecule is N[C@@H](c1ccncc1)C1CCNCC1. The van der Waals surface area contributed by atoms with Crippen molar-refractivity contribution in [2.75, 3.05) is 13.1 Å². The van der Waals surface area contributed by atoms with Gasteiger partial charge in [0.05, 0.1) is 0 Å².